The Kier molecular flexibility index (Phi) is 2.63. The fraction of sp³-hybridized carbons (Fsp3) is 0.500. The van der Waals surface area contributed by atoms with Crippen LogP contribution in [0.5, 0.6) is 0 Å². The Bertz CT molecular complexity index is 478. The van der Waals surface area contributed by atoms with Gasteiger partial charge in [0.1, 0.15) is 5.82 Å². The van der Waals surface area contributed by atoms with Gasteiger partial charge >= 0.3 is 0 Å². The van der Waals surface area contributed by atoms with Crippen molar-refractivity contribution in [3.05, 3.63) is 30.1 Å². The largest absolute Gasteiger partial charge is 0.342 e. The van der Waals surface area contributed by atoms with Crippen molar-refractivity contribution in [1.29, 1.82) is 0 Å². The fourth-order valence-corrected chi connectivity index (χ4v) is 2.49. The predicted octanol–water partition coefficient (Wildman–Crippen LogP) is 2.64. The van der Waals surface area contributed by atoms with Crippen LogP contribution in [-0.2, 0) is 6.42 Å². The Morgan fingerprint density at radius 1 is 1.35 bits per heavy atom. The molecule has 2 N–H and O–H groups in total. The summed E-state index contributed by atoms with van der Waals surface area (Å²) in [6.45, 7) is 0. The number of aromatic amines is 1. The highest BCUT2D eigenvalue weighted by Crippen LogP contribution is 2.39. The van der Waals surface area contributed by atoms with E-state index in [-0.39, 0.29) is 0 Å². The van der Waals surface area contributed by atoms with E-state index in [4.69, 9.17) is 0 Å². The number of aromatic nitrogens is 2. The Balaban J connectivity index is 1.61. The molecular formula is C14H19N3. The second-order valence-electron chi connectivity index (χ2n) is 5.08. The maximum absolute atomic E-state index is 4.60. The van der Waals surface area contributed by atoms with Crippen molar-refractivity contribution >= 4 is 11.0 Å². The van der Waals surface area contributed by atoms with E-state index in [9.17, 15) is 0 Å². The highest BCUT2D eigenvalue weighted by molar-refractivity contribution is 5.74. The number of rotatable bonds is 5. The minimum absolute atomic E-state index is 0.464. The van der Waals surface area contributed by atoms with Gasteiger partial charge < -0.3 is 10.3 Å². The maximum Gasteiger partial charge on any atom is 0.107 e. The van der Waals surface area contributed by atoms with E-state index < -0.39 is 0 Å². The van der Waals surface area contributed by atoms with Crippen LogP contribution in [-0.4, -0.2) is 22.6 Å². The molecule has 3 rings (SSSR count). The smallest absolute Gasteiger partial charge is 0.107 e. The average Bonchev–Trinajstić information content (AvgIpc) is 3.01. The number of hydrogen-bond donors (Lipinski definition) is 2. The van der Waals surface area contributed by atoms with Crippen molar-refractivity contribution in [2.24, 2.45) is 0 Å². The molecule has 0 bridgehead atoms. The van der Waals surface area contributed by atoms with Crippen LogP contribution in [0, 0.1) is 0 Å². The molecule has 3 heteroatoms. The lowest BCUT2D eigenvalue weighted by Gasteiger charge is -2.12. The quantitative estimate of drug-likeness (QED) is 0.827. The minimum atomic E-state index is 0.464. The van der Waals surface area contributed by atoms with E-state index in [1.807, 2.05) is 12.1 Å². The summed E-state index contributed by atoms with van der Waals surface area (Å²) in [4.78, 5) is 7.99. The molecule has 90 valence electrons. The highest BCUT2D eigenvalue weighted by atomic mass is 15.0. The lowest BCUT2D eigenvalue weighted by molar-refractivity contribution is 0.488. The monoisotopic (exact) mass is 229 g/mol. The van der Waals surface area contributed by atoms with Crippen LogP contribution in [0.15, 0.2) is 24.3 Å². The van der Waals surface area contributed by atoms with E-state index in [0.29, 0.717) is 5.54 Å². The molecule has 0 unspecified atom stereocenters. The molecule has 1 aliphatic rings. The van der Waals surface area contributed by atoms with Crippen molar-refractivity contribution in [2.75, 3.05) is 7.05 Å². The van der Waals surface area contributed by atoms with E-state index in [1.54, 1.807) is 0 Å². The topological polar surface area (TPSA) is 40.7 Å². The van der Waals surface area contributed by atoms with Crippen LogP contribution < -0.4 is 5.32 Å². The summed E-state index contributed by atoms with van der Waals surface area (Å²) in [7, 11) is 2.08. The lowest BCUT2D eigenvalue weighted by Crippen LogP contribution is -2.26. The second kappa shape index (κ2) is 4.15. The molecule has 2 aromatic rings. The van der Waals surface area contributed by atoms with Gasteiger partial charge in [-0.15, -0.1) is 0 Å². The van der Waals surface area contributed by atoms with Gasteiger partial charge in [0.15, 0.2) is 0 Å². The summed E-state index contributed by atoms with van der Waals surface area (Å²) in [6.07, 6.45) is 6.20. The molecule has 1 fully saturated rings. The molecule has 1 aromatic heterocycles. The van der Waals surface area contributed by atoms with Gasteiger partial charge in [0.2, 0.25) is 0 Å². The Morgan fingerprint density at radius 2 is 2.18 bits per heavy atom. The molecule has 0 aliphatic heterocycles. The van der Waals surface area contributed by atoms with Crippen LogP contribution in [0.25, 0.3) is 11.0 Å². The lowest BCUT2D eigenvalue weighted by atomic mass is 10.1. The summed E-state index contributed by atoms with van der Waals surface area (Å²) < 4.78 is 0. The molecule has 1 aliphatic carbocycles. The zero-order valence-corrected chi connectivity index (χ0v) is 10.3. The molecule has 0 spiro atoms. The Hall–Kier alpha value is -1.35. The van der Waals surface area contributed by atoms with Crippen LogP contribution >= 0.6 is 0 Å². The van der Waals surface area contributed by atoms with Gasteiger partial charge in [0, 0.05) is 12.0 Å². The SMILES string of the molecule is CNC1(CCCc2nc3ccccc3[nH]2)CC1. The third-order valence-electron chi connectivity index (χ3n) is 3.89. The number of hydrogen-bond acceptors (Lipinski definition) is 2. The summed E-state index contributed by atoms with van der Waals surface area (Å²) >= 11 is 0. The zero-order chi connectivity index (χ0) is 11.7. The van der Waals surface area contributed by atoms with E-state index >= 15 is 0 Å². The first-order chi connectivity index (χ1) is 8.31. The van der Waals surface area contributed by atoms with Gasteiger partial charge in [-0.1, -0.05) is 12.1 Å². The van der Waals surface area contributed by atoms with Gasteiger partial charge in [-0.2, -0.15) is 0 Å². The van der Waals surface area contributed by atoms with Gasteiger partial charge in [0.05, 0.1) is 11.0 Å². The first-order valence-corrected chi connectivity index (χ1v) is 6.44. The number of fused-ring (bicyclic) bond motifs is 1. The third-order valence-corrected chi connectivity index (χ3v) is 3.89. The zero-order valence-electron chi connectivity index (χ0n) is 10.3. The van der Waals surface area contributed by atoms with Crippen molar-refractivity contribution in [1.82, 2.24) is 15.3 Å². The van der Waals surface area contributed by atoms with Crippen LogP contribution in [0.2, 0.25) is 0 Å². The molecular weight excluding hydrogens is 210 g/mol. The Morgan fingerprint density at radius 3 is 2.88 bits per heavy atom. The van der Waals surface area contributed by atoms with Crippen LogP contribution in [0.3, 0.4) is 0 Å². The molecule has 0 atom stereocenters. The molecule has 0 saturated heterocycles. The fourth-order valence-electron chi connectivity index (χ4n) is 2.49. The normalized spacial score (nSPS) is 17.5. The summed E-state index contributed by atoms with van der Waals surface area (Å²) in [5, 5.41) is 3.43. The van der Waals surface area contributed by atoms with E-state index in [2.05, 4.69) is 34.5 Å². The summed E-state index contributed by atoms with van der Waals surface area (Å²) in [6, 6.07) is 8.23. The third kappa shape index (κ3) is 2.20. The second-order valence-corrected chi connectivity index (χ2v) is 5.08. The highest BCUT2D eigenvalue weighted by Gasteiger charge is 2.39. The number of aryl methyl sites for hydroxylation is 1. The Labute approximate surface area is 102 Å². The van der Waals surface area contributed by atoms with Crippen molar-refractivity contribution in [2.45, 2.75) is 37.6 Å². The van der Waals surface area contributed by atoms with Gasteiger partial charge in [-0.3, -0.25) is 0 Å². The molecule has 1 aromatic carbocycles. The van der Waals surface area contributed by atoms with Gasteiger partial charge in [0.25, 0.3) is 0 Å². The molecule has 17 heavy (non-hydrogen) atoms. The van der Waals surface area contributed by atoms with E-state index in [1.165, 1.54) is 25.7 Å². The molecule has 0 radical (unpaired) electrons. The molecule has 1 saturated carbocycles. The van der Waals surface area contributed by atoms with Gasteiger partial charge in [-0.05, 0) is 44.9 Å². The molecule has 1 heterocycles. The van der Waals surface area contributed by atoms with Crippen LogP contribution in [0.1, 0.15) is 31.5 Å². The number of H-pyrrole nitrogens is 1. The standard InChI is InChI=1S/C14H19N3/c1-15-14(9-10-14)8-4-7-13-16-11-5-2-3-6-12(11)17-13/h2-3,5-6,15H,4,7-10H2,1H3,(H,16,17). The first kappa shape index (κ1) is 10.8. The van der Waals surface area contributed by atoms with Crippen molar-refractivity contribution in [3.63, 3.8) is 0 Å². The predicted molar refractivity (Wildman–Crippen MR) is 70.1 cm³/mol. The number of nitrogens with one attached hydrogen (secondary N) is 2. The summed E-state index contributed by atoms with van der Waals surface area (Å²) in [5.41, 5.74) is 2.70. The number of nitrogens with zero attached hydrogens (tertiary/aromatic N) is 1. The average molecular weight is 229 g/mol. The molecule has 0 amide bonds. The number of imidazole rings is 1. The molecule has 3 nitrogen and oxygen atoms in total. The van der Waals surface area contributed by atoms with Crippen molar-refractivity contribution in [3.8, 4) is 0 Å². The minimum Gasteiger partial charge on any atom is -0.342 e. The van der Waals surface area contributed by atoms with Gasteiger partial charge in [-0.25, -0.2) is 4.98 Å². The van der Waals surface area contributed by atoms with Crippen molar-refractivity contribution < 1.29 is 0 Å². The summed E-state index contributed by atoms with van der Waals surface area (Å²) in [5.74, 6) is 1.12. The maximum atomic E-state index is 4.60. The number of benzene rings is 1. The van der Waals surface area contributed by atoms with E-state index in [0.717, 1.165) is 23.3 Å². The first-order valence-electron chi connectivity index (χ1n) is 6.44. The van der Waals surface area contributed by atoms with Crippen LogP contribution in [0.4, 0.5) is 0 Å². The number of para-hydroxylation sites is 2.